The van der Waals surface area contributed by atoms with E-state index in [-0.39, 0.29) is 22.5 Å². The molecule has 12 heteroatoms. The number of thioether (sulfide) groups is 1. The molecule has 0 saturated carbocycles. The van der Waals surface area contributed by atoms with E-state index in [9.17, 15) is 18.0 Å². The molecule has 2 aromatic heterocycles. The largest absolute Gasteiger partial charge is 0.379 e. The van der Waals surface area contributed by atoms with Crippen molar-refractivity contribution in [2.24, 2.45) is 0 Å². The second kappa shape index (κ2) is 10.3. The van der Waals surface area contributed by atoms with E-state index in [1.54, 1.807) is 15.9 Å². The molecule has 0 unspecified atom stereocenters. The SMILES string of the molecule is O=C(CSc1ccc(S(=O)(=O)N2CCOCC2)cn1)N1CCN(C(=O)c2cccs2)CC1. The van der Waals surface area contributed by atoms with E-state index in [0.717, 1.165) is 0 Å². The van der Waals surface area contributed by atoms with Gasteiger partial charge < -0.3 is 14.5 Å². The van der Waals surface area contributed by atoms with Crippen LogP contribution in [0.2, 0.25) is 0 Å². The third-order valence-electron chi connectivity index (χ3n) is 5.31. The lowest BCUT2D eigenvalue weighted by atomic mass is 10.3. The zero-order valence-corrected chi connectivity index (χ0v) is 19.8. The summed E-state index contributed by atoms with van der Waals surface area (Å²) in [5.74, 6) is 0.198. The molecule has 2 fully saturated rings. The number of carbonyl (C=O) groups excluding carboxylic acids is 2. The number of thiophene rings is 1. The Bertz CT molecular complexity index is 1030. The van der Waals surface area contributed by atoms with Gasteiger partial charge in [-0.05, 0) is 23.6 Å². The van der Waals surface area contributed by atoms with E-state index in [4.69, 9.17) is 4.74 Å². The standard InChI is InChI=1S/C20H24N4O5S3/c25-19(22-5-7-23(8-6-22)20(26)17-2-1-13-30-17)15-31-18-4-3-16(14-21-18)32(27,28)24-9-11-29-12-10-24/h1-4,13-14H,5-12,15H2. The summed E-state index contributed by atoms with van der Waals surface area (Å²) < 4.78 is 31.9. The van der Waals surface area contributed by atoms with Gasteiger partial charge >= 0.3 is 0 Å². The van der Waals surface area contributed by atoms with Gasteiger partial charge in [-0.3, -0.25) is 9.59 Å². The zero-order valence-electron chi connectivity index (χ0n) is 17.4. The van der Waals surface area contributed by atoms with Gasteiger partial charge in [0.05, 0.1) is 28.9 Å². The van der Waals surface area contributed by atoms with E-state index in [1.165, 1.54) is 39.7 Å². The number of amides is 2. The predicted octanol–water partition coefficient (Wildman–Crippen LogP) is 1.24. The number of hydrogen-bond acceptors (Lipinski definition) is 8. The van der Waals surface area contributed by atoms with Crippen LogP contribution in [0.1, 0.15) is 9.67 Å². The van der Waals surface area contributed by atoms with E-state index in [0.29, 0.717) is 62.4 Å². The van der Waals surface area contributed by atoms with Gasteiger partial charge in [-0.1, -0.05) is 17.8 Å². The Balaban J connectivity index is 1.26. The van der Waals surface area contributed by atoms with Crippen LogP contribution in [-0.4, -0.2) is 97.6 Å². The summed E-state index contributed by atoms with van der Waals surface area (Å²) in [7, 11) is -3.58. The molecule has 0 bridgehead atoms. The van der Waals surface area contributed by atoms with Crippen molar-refractivity contribution in [3.8, 4) is 0 Å². The van der Waals surface area contributed by atoms with Crippen LogP contribution in [0.15, 0.2) is 45.8 Å². The lowest BCUT2D eigenvalue weighted by molar-refractivity contribution is -0.129. The number of sulfonamides is 1. The van der Waals surface area contributed by atoms with Gasteiger partial charge in [0.1, 0.15) is 4.90 Å². The summed E-state index contributed by atoms with van der Waals surface area (Å²) in [5, 5.41) is 2.47. The number of hydrogen-bond donors (Lipinski definition) is 0. The Labute approximate surface area is 195 Å². The van der Waals surface area contributed by atoms with Gasteiger partial charge in [0.15, 0.2) is 0 Å². The molecule has 32 heavy (non-hydrogen) atoms. The molecule has 0 aliphatic carbocycles. The summed E-state index contributed by atoms with van der Waals surface area (Å²) >= 11 is 2.69. The maximum atomic E-state index is 12.7. The first-order valence-electron chi connectivity index (χ1n) is 10.2. The van der Waals surface area contributed by atoms with Crippen molar-refractivity contribution in [3.05, 3.63) is 40.7 Å². The maximum absolute atomic E-state index is 12.7. The van der Waals surface area contributed by atoms with Crippen LogP contribution in [0.3, 0.4) is 0 Å². The number of aromatic nitrogens is 1. The molecule has 2 aliphatic rings. The van der Waals surface area contributed by atoms with Gasteiger partial charge in [0, 0.05) is 45.5 Å². The molecule has 2 saturated heterocycles. The van der Waals surface area contributed by atoms with E-state index < -0.39 is 10.0 Å². The van der Waals surface area contributed by atoms with Crippen LogP contribution in [0, 0.1) is 0 Å². The topological polar surface area (TPSA) is 100 Å². The molecule has 4 rings (SSSR count). The molecule has 2 aliphatic heterocycles. The summed E-state index contributed by atoms with van der Waals surface area (Å²) in [6.07, 6.45) is 1.34. The first-order chi connectivity index (χ1) is 15.4. The minimum absolute atomic E-state index is 0.0118. The Morgan fingerprint density at radius 2 is 1.75 bits per heavy atom. The van der Waals surface area contributed by atoms with Gasteiger partial charge in [0.2, 0.25) is 15.9 Å². The Morgan fingerprint density at radius 3 is 2.38 bits per heavy atom. The third-order valence-corrected chi connectivity index (χ3v) is 8.98. The molecule has 0 aromatic carbocycles. The van der Waals surface area contributed by atoms with Crippen LogP contribution in [0.4, 0.5) is 0 Å². The number of carbonyl (C=O) groups is 2. The van der Waals surface area contributed by atoms with Gasteiger partial charge in [0.25, 0.3) is 5.91 Å². The van der Waals surface area contributed by atoms with Crippen LogP contribution >= 0.6 is 23.1 Å². The molecule has 0 radical (unpaired) electrons. The lowest BCUT2D eigenvalue weighted by Crippen LogP contribution is -2.51. The Hall–Kier alpha value is -1.99. The molecule has 2 amide bonds. The predicted molar refractivity (Wildman–Crippen MR) is 121 cm³/mol. The molecular formula is C20H24N4O5S3. The normalized spacial score (nSPS) is 18.0. The first-order valence-corrected chi connectivity index (χ1v) is 13.5. The number of rotatable bonds is 6. The fourth-order valence-electron chi connectivity index (χ4n) is 3.48. The first kappa shape index (κ1) is 23.2. The highest BCUT2D eigenvalue weighted by Gasteiger charge is 2.27. The van der Waals surface area contributed by atoms with Crippen molar-refractivity contribution in [3.63, 3.8) is 0 Å². The van der Waals surface area contributed by atoms with Crippen LogP contribution in [-0.2, 0) is 19.6 Å². The van der Waals surface area contributed by atoms with Crippen LogP contribution in [0.25, 0.3) is 0 Å². The monoisotopic (exact) mass is 496 g/mol. The summed E-state index contributed by atoms with van der Waals surface area (Å²) in [6.45, 7) is 3.47. The highest BCUT2D eigenvalue weighted by Crippen LogP contribution is 2.21. The molecule has 0 spiro atoms. The highest BCUT2D eigenvalue weighted by molar-refractivity contribution is 7.99. The van der Waals surface area contributed by atoms with E-state index in [1.807, 2.05) is 17.5 Å². The second-order valence-corrected chi connectivity index (χ2v) is 11.2. The minimum Gasteiger partial charge on any atom is -0.379 e. The number of ether oxygens (including phenoxy) is 1. The molecule has 172 valence electrons. The van der Waals surface area contributed by atoms with Crippen molar-refractivity contribution in [1.82, 2.24) is 19.1 Å². The van der Waals surface area contributed by atoms with Gasteiger partial charge in [-0.2, -0.15) is 4.31 Å². The Morgan fingerprint density at radius 1 is 1.03 bits per heavy atom. The number of piperazine rings is 1. The van der Waals surface area contributed by atoms with Crippen LogP contribution in [0.5, 0.6) is 0 Å². The third kappa shape index (κ3) is 5.31. The number of nitrogens with zero attached hydrogens (tertiary/aromatic N) is 4. The average molecular weight is 497 g/mol. The molecule has 4 heterocycles. The molecule has 0 atom stereocenters. The van der Waals surface area contributed by atoms with Crippen molar-refractivity contribution >= 4 is 44.9 Å². The van der Waals surface area contributed by atoms with Crippen molar-refractivity contribution in [2.75, 3.05) is 58.2 Å². The van der Waals surface area contributed by atoms with Gasteiger partial charge in [-0.15, -0.1) is 11.3 Å². The molecular weight excluding hydrogens is 472 g/mol. The summed E-state index contributed by atoms with van der Waals surface area (Å²) in [5.41, 5.74) is 0. The molecule has 0 N–H and O–H groups in total. The fourth-order valence-corrected chi connectivity index (χ4v) is 6.27. The summed E-state index contributed by atoms with van der Waals surface area (Å²) in [4.78, 5) is 33.6. The van der Waals surface area contributed by atoms with E-state index >= 15 is 0 Å². The quantitative estimate of drug-likeness (QED) is 0.555. The maximum Gasteiger partial charge on any atom is 0.264 e. The second-order valence-electron chi connectivity index (χ2n) is 7.29. The minimum atomic E-state index is -3.58. The fraction of sp³-hybridized carbons (Fsp3) is 0.450. The van der Waals surface area contributed by atoms with Crippen molar-refractivity contribution < 1.29 is 22.7 Å². The van der Waals surface area contributed by atoms with Crippen LogP contribution < -0.4 is 0 Å². The molecule has 9 nitrogen and oxygen atoms in total. The summed E-state index contributed by atoms with van der Waals surface area (Å²) in [6, 6.07) is 6.82. The average Bonchev–Trinajstić information content (AvgIpc) is 3.38. The number of pyridine rings is 1. The van der Waals surface area contributed by atoms with Crippen molar-refractivity contribution in [1.29, 1.82) is 0 Å². The lowest BCUT2D eigenvalue weighted by Gasteiger charge is -2.34. The smallest absolute Gasteiger partial charge is 0.264 e. The van der Waals surface area contributed by atoms with Crippen molar-refractivity contribution in [2.45, 2.75) is 9.92 Å². The zero-order chi connectivity index (χ0) is 22.6. The van der Waals surface area contributed by atoms with Gasteiger partial charge in [-0.25, -0.2) is 13.4 Å². The highest BCUT2D eigenvalue weighted by atomic mass is 32.2. The van der Waals surface area contributed by atoms with E-state index in [2.05, 4.69) is 4.98 Å². The number of morpholine rings is 1. The Kier molecular flexibility index (Phi) is 7.46. The molecule has 2 aromatic rings.